The van der Waals surface area contributed by atoms with Crippen LogP contribution in [0.2, 0.25) is 4.82 Å². The summed E-state index contributed by atoms with van der Waals surface area (Å²) in [4.78, 5) is 32.5. The number of carboxylic acids is 1. The summed E-state index contributed by atoms with van der Waals surface area (Å²) < 4.78 is 0. The Morgan fingerprint density at radius 1 is 1.06 bits per heavy atom. The summed E-state index contributed by atoms with van der Waals surface area (Å²) >= 11 is 3.71. The first kappa shape index (κ1) is 25.2. The van der Waals surface area contributed by atoms with Gasteiger partial charge in [-0.2, -0.15) is 0 Å². The number of hydrogen-bond acceptors (Lipinski definition) is 4. The van der Waals surface area contributed by atoms with Gasteiger partial charge in [-0.3, -0.25) is 14.4 Å². The van der Waals surface area contributed by atoms with E-state index in [9.17, 15) is 4.79 Å². The number of allylic oxidation sites excluding steroid dienone is 5. The molecule has 18 heavy (non-hydrogen) atoms. The van der Waals surface area contributed by atoms with Crippen LogP contribution in [0.25, 0.3) is 0 Å². The van der Waals surface area contributed by atoms with Crippen LogP contribution in [0, 0.1) is 0 Å². The molecule has 0 saturated carbocycles. The molecule has 0 aromatic heterocycles. The number of carbonyl (C=O) groups excluding carboxylic acids is 3. The third-order valence-electron chi connectivity index (χ3n) is 1.01. The van der Waals surface area contributed by atoms with Crippen LogP contribution in [0.3, 0.4) is 0 Å². The summed E-state index contributed by atoms with van der Waals surface area (Å²) in [5, 5.41) is 8.28. The van der Waals surface area contributed by atoms with Crippen LogP contribution >= 0.6 is 0 Å². The van der Waals surface area contributed by atoms with Crippen molar-refractivity contribution in [2.45, 2.75) is 11.7 Å². The minimum absolute atomic E-state index is 0.0858. The van der Waals surface area contributed by atoms with Crippen LogP contribution in [0.4, 0.5) is 0 Å². The van der Waals surface area contributed by atoms with Crippen molar-refractivity contribution in [1.82, 2.24) is 0 Å². The monoisotopic (exact) mass is 291 g/mol. The molecule has 0 rings (SSSR count). The molecule has 0 bridgehead atoms. The third kappa shape index (κ3) is 36.8. The molecule has 6 heteroatoms. The average molecular weight is 291 g/mol. The Labute approximate surface area is 115 Å². The quantitative estimate of drug-likeness (QED) is 0.472. The number of hydrogen-bond donors (Lipinski definition) is 1. The summed E-state index contributed by atoms with van der Waals surface area (Å²) in [6.07, 6.45) is 10.0. The Morgan fingerprint density at radius 3 is 1.83 bits per heavy atom. The number of carboxylic acid groups (broad SMARTS) is 1. The average Bonchev–Trinajstić information content (AvgIpc) is 2.43. The zero-order chi connectivity index (χ0) is 15.4. The van der Waals surface area contributed by atoms with E-state index >= 15 is 0 Å². The molecule has 6 radical (unpaired) electrons. The molecule has 97 valence electrons. The maximum Gasteiger partial charge on any atom is 0.281 e. The van der Waals surface area contributed by atoms with Gasteiger partial charge >= 0.3 is 80.1 Å². The smallest absolute Gasteiger partial charge is 0.281 e. The normalized spacial score (nSPS) is 10.6. The topological polar surface area (TPSA) is 88.5 Å². The largest absolute Gasteiger partial charge is 0.281 e. The van der Waals surface area contributed by atoms with Crippen LogP contribution in [0.15, 0.2) is 36.5 Å². The molecule has 1 unspecified atom stereocenters. The van der Waals surface area contributed by atoms with Crippen molar-refractivity contribution in [2.75, 3.05) is 0 Å². The standard InChI is InChI=1S/C9H11O2.3CO.Fe/c1-2-3-4-5-6-7-8-9(10)11;3*1-2;/h2-8H,1H3,(H,10,11);;;;. The summed E-state index contributed by atoms with van der Waals surface area (Å²) in [5.41, 5.74) is 0. The van der Waals surface area contributed by atoms with E-state index in [2.05, 4.69) is 36.4 Å². The maximum absolute atomic E-state index is 10.1. The van der Waals surface area contributed by atoms with Crippen LogP contribution in [-0.4, -0.2) is 31.4 Å². The van der Waals surface area contributed by atoms with Crippen LogP contribution in [0.1, 0.15) is 6.92 Å². The van der Waals surface area contributed by atoms with Crippen LogP contribution < -0.4 is 0 Å². The van der Waals surface area contributed by atoms with E-state index in [1.165, 1.54) is 6.08 Å². The second-order valence-electron chi connectivity index (χ2n) is 2.04. The molecule has 0 aliphatic rings. The molecular weight excluding hydrogens is 280 g/mol. The fourth-order valence-corrected chi connectivity index (χ4v) is 0.744. The summed E-state index contributed by atoms with van der Waals surface area (Å²) in [7, 11) is 0. The minimum Gasteiger partial charge on any atom is -0.281 e. The second-order valence-corrected chi connectivity index (χ2v) is 2.77. The van der Waals surface area contributed by atoms with Gasteiger partial charge < -0.3 is 0 Å². The van der Waals surface area contributed by atoms with Crippen molar-refractivity contribution < 1.29 is 40.3 Å². The van der Waals surface area contributed by atoms with Crippen LogP contribution in [0.5, 0.6) is 0 Å². The first-order chi connectivity index (χ1) is 8.66. The van der Waals surface area contributed by atoms with E-state index in [1.54, 1.807) is 0 Å². The van der Waals surface area contributed by atoms with Gasteiger partial charge in [-0.1, -0.05) is 0 Å². The Morgan fingerprint density at radius 2 is 1.50 bits per heavy atom. The maximum atomic E-state index is 10.1. The molecule has 0 fully saturated rings. The molecule has 0 aromatic rings. The molecule has 0 spiro atoms. The molecule has 0 aliphatic carbocycles. The fourth-order valence-electron chi connectivity index (χ4n) is 0.515. The third-order valence-corrected chi connectivity index (χ3v) is 1.44. The van der Waals surface area contributed by atoms with Gasteiger partial charge in [0.2, 0.25) is 0 Å². The molecule has 0 saturated heterocycles. The van der Waals surface area contributed by atoms with Gasteiger partial charge in [0.15, 0.2) is 0 Å². The number of carbonyl (C=O) groups is 1. The molecular formula is C12H11FeO5. The van der Waals surface area contributed by atoms with Crippen molar-refractivity contribution in [3.05, 3.63) is 36.5 Å². The van der Waals surface area contributed by atoms with Crippen molar-refractivity contribution >= 4 is 26.3 Å². The van der Waals surface area contributed by atoms with Crippen molar-refractivity contribution in [3.63, 3.8) is 0 Å². The van der Waals surface area contributed by atoms with Gasteiger partial charge in [0.05, 0.1) is 0 Å². The molecule has 0 aromatic carbocycles. The summed E-state index contributed by atoms with van der Waals surface area (Å²) in [6.45, 7) is 15.4. The summed E-state index contributed by atoms with van der Waals surface area (Å²) in [5.74, 6) is -0.942. The van der Waals surface area contributed by atoms with Crippen LogP contribution in [-0.2, 0) is 35.2 Å². The molecule has 5 nitrogen and oxygen atoms in total. The van der Waals surface area contributed by atoms with Gasteiger partial charge in [-0.15, -0.1) is 0 Å². The Balaban J connectivity index is -0.000000141. The molecule has 1 N–H and O–H groups in total. The first-order valence-electron chi connectivity index (χ1n) is 4.11. The second kappa shape index (κ2) is 29.5. The van der Waals surface area contributed by atoms with E-state index in [4.69, 9.17) is 19.5 Å². The van der Waals surface area contributed by atoms with E-state index in [-0.39, 0.29) is 4.82 Å². The van der Waals surface area contributed by atoms with E-state index in [0.29, 0.717) is 0 Å². The van der Waals surface area contributed by atoms with E-state index < -0.39 is 5.97 Å². The molecule has 0 amide bonds. The molecule has 0 aliphatic heterocycles. The SMILES string of the molecule is CC=CC=C[CH]([Fe])C=CC(=O)O.[C]=O.[C]=O.[C]=O. The predicted octanol–water partition coefficient (Wildman–Crippen LogP) is 0.903. The van der Waals surface area contributed by atoms with Gasteiger partial charge in [0.25, 0.3) is 20.4 Å². The molecule has 0 heterocycles. The van der Waals surface area contributed by atoms with Gasteiger partial charge in [0.1, 0.15) is 0 Å². The first-order valence-corrected chi connectivity index (χ1v) is 4.75. The summed E-state index contributed by atoms with van der Waals surface area (Å²) in [6, 6.07) is 0. The number of rotatable bonds is 4. The minimum atomic E-state index is -0.942. The van der Waals surface area contributed by atoms with Crippen molar-refractivity contribution in [2.24, 2.45) is 0 Å². The van der Waals surface area contributed by atoms with Gasteiger partial charge in [-0.05, 0) is 0 Å². The zero-order valence-electron chi connectivity index (χ0n) is 9.48. The zero-order valence-corrected chi connectivity index (χ0v) is 10.6. The predicted molar refractivity (Wildman–Crippen MR) is 61.6 cm³/mol. The Bertz CT molecular complexity index is 256. The van der Waals surface area contributed by atoms with Crippen molar-refractivity contribution in [1.29, 1.82) is 0 Å². The Kier molecular flexibility index (Phi) is 41.2. The molecule has 1 atom stereocenters. The van der Waals surface area contributed by atoms with Gasteiger partial charge in [0, 0.05) is 0 Å². The van der Waals surface area contributed by atoms with E-state index in [0.717, 1.165) is 6.08 Å². The van der Waals surface area contributed by atoms with Crippen molar-refractivity contribution in [3.8, 4) is 0 Å². The number of aliphatic carboxylic acids is 1. The Hall–Kier alpha value is -1.78. The van der Waals surface area contributed by atoms with Gasteiger partial charge in [-0.25, -0.2) is 0 Å². The van der Waals surface area contributed by atoms with E-state index in [1.807, 2.05) is 31.2 Å². The fraction of sp³-hybridized carbons (Fsp3) is 0.167.